The fraction of sp³-hybridized carbons (Fsp3) is 0.846. The van der Waals surface area contributed by atoms with Crippen LogP contribution in [0.15, 0.2) is 0 Å². The van der Waals surface area contributed by atoms with E-state index < -0.39 is 23.8 Å². The third kappa shape index (κ3) is 1.87. The maximum atomic E-state index is 12.3. The van der Waals surface area contributed by atoms with Crippen molar-refractivity contribution < 1.29 is 9.53 Å². The van der Waals surface area contributed by atoms with E-state index in [1.165, 1.54) is 0 Å². The molecular formula is C13H17I2N3O2. The first-order valence-corrected chi connectivity index (χ1v) is 11.3. The van der Waals surface area contributed by atoms with Crippen LogP contribution in [0.25, 0.3) is 0 Å². The van der Waals surface area contributed by atoms with Crippen molar-refractivity contribution in [3.8, 4) is 6.07 Å². The standard InChI is InChI=1S/C13H17I2N3O2/c1-12(14,13-15(17-13)18-13)11(19)20-6-9-3-7-2-8(5-16)10(9)4-7/h7-10,17-18H,2-4,6H2,1H3. The summed E-state index contributed by atoms with van der Waals surface area (Å²) >= 11 is 1.09. The van der Waals surface area contributed by atoms with Gasteiger partial charge in [0.1, 0.15) is 0 Å². The van der Waals surface area contributed by atoms with Crippen LogP contribution in [-0.4, -0.2) is 19.7 Å². The topological polar surface area (TPSA) is 94.0 Å². The molecule has 0 radical (unpaired) electrons. The molecule has 2 N–H and O–H groups in total. The van der Waals surface area contributed by atoms with E-state index in [0.717, 1.165) is 19.3 Å². The quantitative estimate of drug-likeness (QED) is 0.154. The van der Waals surface area contributed by atoms with Gasteiger partial charge in [-0.3, -0.25) is 0 Å². The molecule has 4 rings (SSSR count). The molecule has 5 atom stereocenters. The number of alkyl halides is 2. The number of nitrogens with one attached hydrogen (secondary N) is 2. The Morgan fingerprint density at radius 3 is 2.80 bits per heavy atom. The van der Waals surface area contributed by atoms with Gasteiger partial charge in [-0.1, -0.05) is 0 Å². The summed E-state index contributed by atoms with van der Waals surface area (Å²) in [5, 5.41) is 9.16. The van der Waals surface area contributed by atoms with Gasteiger partial charge in [0.2, 0.25) is 0 Å². The summed E-state index contributed by atoms with van der Waals surface area (Å²) in [6, 6.07) is 2.43. The molecule has 0 spiro atoms. The zero-order valence-electron chi connectivity index (χ0n) is 11.2. The summed E-state index contributed by atoms with van der Waals surface area (Å²) < 4.78 is 11.9. The maximum absolute atomic E-state index is 12.3. The van der Waals surface area contributed by atoms with E-state index in [1.807, 2.05) is 6.92 Å². The second-order valence-electron chi connectivity index (χ2n) is 6.47. The van der Waals surface area contributed by atoms with Crippen LogP contribution >= 0.6 is 43.0 Å². The second-order valence-corrected chi connectivity index (χ2v) is 12.9. The number of halogens is 2. The first-order valence-electron chi connectivity index (χ1n) is 6.99. The van der Waals surface area contributed by atoms with Crippen LogP contribution < -0.4 is 7.06 Å². The zero-order valence-corrected chi connectivity index (χ0v) is 15.5. The van der Waals surface area contributed by atoms with Crippen molar-refractivity contribution in [1.82, 2.24) is 7.06 Å². The van der Waals surface area contributed by atoms with Crippen molar-refractivity contribution in [2.75, 3.05) is 6.61 Å². The monoisotopic (exact) mass is 501 g/mol. The summed E-state index contributed by atoms with van der Waals surface area (Å²) in [7, 11) is 0. The Bertz CT molecular complexity index is 512. The van der Waals surface area contributed by atoms with E-state index >= 15 is 0 Å². The number of nitriles is 1. The van der Waals surface area contributed by atoms with Gasteiger partial charge in [0.25, 0.3) is 0 Å². The predicted octanol–water partition coefficient (Wildman–Crippen LogP) is 2.11. The number of nitrogens with zero attached hydrogens (tertiary/aromatic N) is 1. The van der Waals surface area contributed by atoms with Crippen molar-refractivity contribution in [2.45, 2.75) is 33.3 Å². The van der Waals surface area contributed by atoms with Crippen molar-refractivity contribution in [2.24, 2.45) is 23.7 Å². The Labute approximate surface area is 139 Å². The number of carbonyl (C=O) groups excluding carboxylic acids is 1. The van der Waals surface area contributed by atoms with Gasteiger partial charge in [0.05, 0.1) is 0 Å². The number of ether oxygens (including phenoxy) is 1. The first-order chi connectivity index (χ1) is 9.48. The molecule has 4 fully saturated rings. The zero-order chi connectivity index (χ0) is 14.1. The van der Waals surface area contributed by atoms with Gasteiger partial charge in [0.15, 0.2) is 0 Å². The van der Waals surface area contributed by atoms with Crippen molar-refractivity contribution in [3.63, 3.8) is 0 Å². The van der Waals surface area contributed by atoms with Crippen LogP contribution in [0.3, 0.4) is 0 Å². The molecule has 2 heterocycles. The fourth-order valence-corrected chi connectivity index (χ4v) is 11.7. The number of fused-ring (bicyclic) bond motifs is 3. The summed E-state index contributed by atoms with van der Waals surface area (Å²) in [5.41, 5.74) is 0. The number of esters is 1. The Hall–Kier alpha value is 0.340. The number of rotatable bonds is 4. The molecule has 0 aromatic heterocycles. The average Bonchev–Trinajstić information content (AvgIpc) is 3.20. The Balaban J connectivity index is 1.35. The van der Waals surface area contributed by atoms with Crippen molar-refractivity contribution in [1.29, 1.82) is 5.26 Å². The van der Waals surface area contributed by atoms with Gasteiger partial charge in [-0.15, -0.1) is 0 Å². The van der Waals surface area contributed by atoms with Gasteiger partial charge < -0.3 is 0 Å². The van der Waals surface area contributed by atoms with Gasteiger partial charge in [-0.2, -0.15) is 0 Å². The molecule has 4 aliphatic rings. The molecule has 0 aromatic rings. The van der Waals surface area contributed by atoms with Crippen LogP contribution in [-0.2, 0) is 9.53 Å². The second kappa shape index (κ2) is 4.43. The van der Waals surface area contributed by atoms with E-state index in [-0.39, 0.29) is 15.6 Å². The summed E-state index contributed by atoms with van der Waals surface area (Å²) in [4.78, 5) is 12.3. The number of hydrogen-bond donors (Lipinski definition) is 2. The van der Waals surface area contributed by atoms with Crippen LogP contribution in [0.4, 0.5) is 0 Å². The molecule has 7 heteroatoms. The van der Waals surface area contributed by atoms with Gasteiger partial charge in [-0.25, -0.2) is 0 Å². The molecule has 5 unspecified atom stereocenters. The Morgan fingerprint density at radius 2 is 2.25 bits per heavy atom. The summed E-state index contributed by atoms with van der Waals surface area (Å²) in [5.74, 6) is 1.63. The Morgan fingerprint density at radius 1 is 1.55 bits per heavy atom. The van der Waals surface area contributed by atoms with Crippen LogP contribution in [0.1, 0.15) is 26.2 Å². The van der Waals surface area contributed by atoms with Crippen molar-refractivity contribution in [3.05, 3.63) is 0 Å². The van der Waals surface area contributed by atoms with Crippen LogP contribution in [0.2, 0.25) is 0 Å². The molecular weight excluding hydrogens is 484 g/mol. The van der Waals surface area contributed by atoms with E-state index in [9.17, 15) is 4.79 Å². The minimum absolute atomic E-state index is 0.0571. The van der Waals surface area contributed by atoms with Crippen LogP contribution in [0, 0.1) is 35.0 Å². The van der Waals surface area contributed by atoms with E-state index in [2.05, 4.69) is 35.7 Å². The van der Waals surface area contributed by atoms with Gasteiger partial charge >= 0.3 is 140 Å². The molecule has 0 amide bonds. The van der Waals surface area contributed by atoms with E-state index in [1.54, 1.807) is 0 Å². The minimum atomic E-state index is -1.13. The summed E-state index contributed by atoms with van der Waals surface area (Å²) in [6.45, 7) is 2.46. The van der Waals surface area contributed by atoms with E-state index in [0.29, 0.717) is 24.4 Å². The predicted molar refractivity (Wildman–Crippen MR) is 89.8 cm³/mol. The van der Waals surface area contributed by atoms with Crippen LogP contribution in [0.5, 0.6) is 0 Å². The molecule has 5 nitrogen and oxygen atoms in total. The average molecular weight is 501 g/mol. The normalized spacial score (nSPS) is 43.4. The molecule has 110 valence electrons. The molecule has 20 heavy (non-hydrogen) atoms. The molecule has 2 aliphatic carbocycles. The molecule has 2 aliphatic heterocycles. The third-order valence-electron chi connectivity index (χ3n) is 5.24. The van der Waals surface area contributed by atoms with Crippen molar-refractivity contribution >= 4 is 48.9 Å². The molecule has 2 bridgehead atoms. The molecule has 0 aromatic carbocycles. The Kier molecular flexibility index (Phi) is 3.09. The fourth-order valence-electron chi connectivity index (χ4n) is 3.87. The van der Waals surface area contributed by atoms with E-state index in [4.69, 9.17) is 10.00 Å². The van der Waals surface area contributed by atoms with Gasteiger partial charge in [0, 0.05) is 0 Å². The number of hydrogen-bond acceptors (Lipinski definition) is 5. The SMILES string of the molecule is CC(I)(C(=O)OCC1CC2CC(C#N)C1C2)C12NI1N2. The third-order valence-corrected chi connectivity index (χ3v) is 12.4. The summed E-state index contributed by atoms with van der Waals surface area (Å²) in [6.07, 6.45) is 3.35. The molecule has 2 saturated carbocycles. The number of carbonyl (C=O) groups is 1. The van der Waals surface area contributed by atoms with Gasteiger partial charge in [-0.05, 0) is 0 Å². The first kappa shape index (κ1) is 14.0. The molecule has 2 saturated heterocycles.